The van der Waals surface area contributed by atoms with Crippen molar-refractivity contribution >= 4 is 11.0 Å². The normalized spacial score (nSPS) is 15.1. The molecule has 244 valence electrons. The highest BCUT2D eigenvalue weighted by Gasteiger charge is 2.53. The summed E-state index contributed by atoms with van der Waals surface area (Å²) in [5, 5.41) is 0. The fraction of sp³-hybridized carbons (Fsp3) is 0.0392. The molecule has 0 radical (unpaired) electrons. The Morgan fingerprint density at radius 1 is 0.340 bits per heavy atom. The van der Waals surface area contributed by atoms with Crippen molar-refractivity contribution < 1.29 is 0 Å². The number of imidazole rings is 1. The summed E-state index contributed by atoms with van der Waals surface area (Å²) in [5.74, 6) is 0.975. The third-order valence-electron chi connectivity index (χ3n) is 12.8. The molecule has 2 heterocycles. The van der Waals surface area contributed by atoms with Crippen LogP contribution < -0.4 is 0 Å². The molecule has 53 heavy (non-hydrogen) atoms. The first-order valence-electron chi connectivity index (χ1n) is 18.6. The van der Waals surface area contributed by atoms with Crippen LogP contribution in [0.1, 0.15) is 44.5 Å². The van der Waals surface area contributed by atoms with Gasteiger partial charge in [0.15, 0.2) is 0 Å². The molecule has 9 aromatic rings. The molecule has 3 aliphatic carbocycles. The summed E-state index contributed by atoms with van der Waals surface area (Å²) in [4.78, 5) is 5.56. The van der Waals surface area contributed by atoms with Crippen molar-refractivity contribution in [1.29, 1.82) is 0 Å². The molecular formula is C51H30N2. The van der Waals surface area contributed by atoms with E-state index in [-0.39, 0.29) is 0 Å². The van der Waals surface area contributed by atoms with Crippen LogP contribution in [0, 0.1) is 0 Å². The minimum atomic E-state index is -0.447. The Morgan fingerprint density at radius 3 is 1.28 bits per heavy atom. The minimum Gasteiger partial charge on any atom is -0.292 e. The van der Waals surface area contributed by atoms with E-state index < -0.39 is 10.8 Å². The van der Waals surface area contributed by atoms with Crippen molar-refractivity contribution in [3.63, 3.8) is 0 Å². The van der Waals surface area contributed by atoms with Crippen LogP contribution in [0.15, 0.2) is 182 Å². The molecule has 1 aliphatic heterocycles. The Morgan fingerprint density at radius 2 is 0.755 bits per heavy atom. The molecular weight excluding hydrogens is 641 g/mol. The first kappa shape index (κ1) is 27.9. The van der Waals surface area contributed by atoms with Crippen molar-refractivity contribution in [3.8, 4) is 50.5 Å². The molecule has 0 saturated heterocycles. The van der Waals surface area contributed by atoms with Gasteiger partial charge in [0.05, 0.1) is 27.6 Å². The molecule has 2 heteroatoms. The van der Waals surface area contributed by atoms with Crippen molar-refractivity contribution in [2.75, 3.05) is 0 Å². The first-order valence-corrected chi connectivity index (χ1v) is 18.6. The molecule has 13 rings (SSSR count). The van der Waals surface area contributed by atoms with Crippen LogP contribution >= 0.6 is 0 Å². The number of hydrogen-bond donors (Lipinski definition) is 0. The monoisotopic (exact) mass is 670 g/mol. The Balaban J connectivity index is 1.13. The van der Waals surface area contributed by atoms with E-state index in [1.807, 2.05) is 0 Å². The molecule has 0 atom stereocenters. The Bertz CT molecular complexity index is 2980. The zero-order valence-corrected chi connectivity index (χ0v) is 28.7. The summed E-state index contributed by atoms with van der Waals surface area (Å²) >= 11 is 0. The second kappa shape index (κ2) is 9.56. The maximum atomic E-state index is 5.56. The van der Waals surface area contributed by atoms with E-state index in [1.54, 1.807) is 0 Å². The van der Waals surface area contributed by atoms with Gasteiger partial charge in [-0.05, 0) is 96.1 Å². The predicted octanol–water partition coefficient (Wildman–Crippen LogP) is 11.7. The molecule has 0 bridgehead atoms. The molecule has 1 aromatic heterocycles. The predicted molar refractivity (Wildman–Crippen MR) is 214 cm³/mol. The first-order chi connectivity index (χ1) is 26.3. The highest BCUT2D eigenvalue weighted by atomic mass is 15.1. The lowest BCUT2D eigenvalue weighted by atomic mass is 9.65. The zero-order valence-electron chi connectivity index (χ0n) is 28.7. The van der Waals surface area contributed by atoms with Crippen LogP contribution in [-0.2, 0) is 10.8 Å². The van der Waals surface area contributed by atoms with Gasteiger partial charge in [0.1, 0.15) is 5.82 Å². The van der Waals surface area contributed by atoms with Crippen LogP contribution in [0.4, 0.5) is 0 Å². The number of aromatic nitrogens is 2. The molecule has 8 aromatic carbocycles. The Labute approximate surface area is 307 Å². The van der Waals surface area contributed by atoms with E-state index in [2.05, 4.69) is 187 Å². The van der Waals surface area contributed by atoms with Gasteiger partial charge in [-0.2, -0.15) is 0 Å². The maximum Gasteiger partial charge on any atom is 0.145 e. The Kier molecular flexibility index (Phi) is 5.03. The summed E-state index contributed by atoms with van der Waals surface area (Å²) in [7, 11) is 0. The number of benzene rings is 8. The van der Waals surface area contributed by atoms with Gasteiger partial charge in [-0.15, -0.1) is 0 Å². The number of nitrogens with zero attached hydrogens (tertiary/aromatic N) is 2. The second-order valence-electron chi connectivity index (χ2n) is 14.9. The van der Waals surface area contributed by atoms with Crippen LogP contribution in [0.2, 0.25) is 0 Å². The molecule has 0 unspecified atom stereocenters. The summed E-state index contributed by atoms with van der Waals surface area (Å²) in [6.45, 7) is 0. The van der Waals surface area contributed by atoms with Gasteiger partial charge in [0.25, 0.3) is 0 Å². The number of rotatable bonds is 1. The summed E-state index contributed by atoms with van der Waals surface area (Å²) in [6.07, 6.45) is 0. The van der Waals surface area contributed by atoms with Gasteiger partial charge in [0, 0.05) is 5.56 Å². The van der Waals surface area contributed by atoms with E-state index >= 15 is 0 Å². The maximum absolute atomic E-state index is 5.56. The lowest BCUT2D eigenvalue weighted by molar-refractivity contribution is 0.745. The third kappa shape index (κ3) is 3.06. The zero-order chi connectivity index (χ0) is 34.5. The number of fused-ring (bicyclic) bond motifs is 19. The van der Waals surface area contributed by atoms with Gasteiger partial charge in [-0.1, -0.05) is 164 Å². The van der Waals surface area contributed by atoms with Gasteiger partial charge in [-0.3, -0.25) is 4.57 Å². The SMILES string of the molecule is c1ccc2c(c1)-c1ccccc1C21c2ccccc2-c2ccc(-c3nc4cccc5c4n3-c3ccccc3C53c4ccccc4-c4ccccc43)cc21. The van der Waals surface area contributed by atoms with Gasteiger partial charge in [-0.25, -0.2) is 4.98 Å². The minimum absolute atomic E-state index is 0.409. The standard InChI is InChI=1S/C51H30N2/c1-6-19-38-32(14-1)33-15-2-7-20-39(33)50(38)40-21-8-5-18-36(40)37-29-28-31(30-45(37)50)49-52-46-26-13-25-44-48(46)53(49)47-27-12-11-24-43(47)51(44)41-22-9-3-16-34(41)35-17-4-10-23-42(35)51/h1-30H. The number of hydrogen-bond acceptors (Lipinski definition) is 1. The fourth-order valence-corrected chi connectivity index (χ4v) is 11.0. The van der Waals surface area contributed by atoms with Crippen molar-refractivity contribution in [1.82, 2.24) is 9.55 Å². The fourth-order valence-electron chi connectivity index (χ4n) is 11.0. The highest BCUT2D eigenvalue weighted by Crippen LogP contribution is 2.64. The van der Waals surface area contributed by atoms with E-state index in [1.165, 1.54) is 89.1 Å². The topological polar surface area (TPSA) is 17.8 Å². The van der Waals surface area contributed by atoms with Crippen molar-refractivity contribution in [2.24, 2.45) is 0 Å². The molecule has 4 aliphatic rings. The van der Waals surface area contributed by atoms with Crippen LogP contribution in [-0.4, -0.2) is 9.55 Å². The smallest absolute Gasteiger partial charge is 0.145 e. The van der Waals surface area contributed by atoms with Gasteiger partial charge < -0.3 is 0 Å². The molecule has 0 saturated carbocycles. The number of para-hydroxylation sites is 2. The quantitative estimate of drug-likeness (QED) is 0.170. The molecule has 2 spiro atoms. The second-order valence-corrected chi connectivity index (χ2v) is 14.9. The lowest BCUT2D eigenvalue weighted by Crippen LogP contribution is -2.33. The summed E-state index contributed by atoms with van der Waals surface area (Å²) in [6, 6.07) is 68.0. The lowest BCUT2D eigenvalue weighted by Gasteiger charge is -2.39. The van der Waals surface area contributed by atoms with Crippen LogP contribution in [0.25, 0.3) is 61.5 Å². The Hall–Kier alpha value is -6.77. The van der Waals surface area contributed by atoms with Gasteiger partial charge >= 0.3 is 0 Å². The largest absolute Gasteiger partial charge is 0.292 e. The molecule has 2 nitrogen and oxygen atoms in total. The van der Waals surface area contributed by atoms with E-state index in [4.69, 9.17) is 4.98 Å². The van der Waals surface area contributed by atoms with E-state index in [0.29, 0.717) is 0 Å². The summed E-state index contributed by atoms with van der Waals surface area (Å²) < 4.78 is 2.46. The average molecular weight is 671 g/mol. The molecule has 0 N–H and O–H groups in total. The van der Waals surface area contributed by atoms with Crippen molar-refractivity contribution in [2.45, 2.75) is 10.8 Å². The van der Waals surface area contributed by atoms with Crippen LogP contribution in [0.5, 0.6) is 0 Å². The van der Waals surface area contributed by atoms with E-state index in [9.17, 15) is 0 Å². The third-order valence-corrected chi connectivity index (χ3v) is 12.8. The van der Waals surface area contributed by atoms with Crippen molar-refractivity contribution in [3.05, 3.63) is 226 Å². The summed E-state index contributed by atoms with van der Waals surface area (Å²) in [5.41, 5.74) is 22.2. The van der Waals surface area contributed by atoms with Gasteiger partial charge in [0.2, 0.25) is 0 Å². The average Bonchev–Trinajstić information content (AvgIpc) is 3.94. The highest BCUT2D eigenvalue weighted by molar-refractivity contribution is 5.99. The van der Waals surface area contributed by atoms with E-state index in [0.717, 1.165) is 16.9 Å². The molecule has 0 fully saturated rings. The molecule has 0 amide bonds. The van der Waals surface area contributed by atoms with Crippen LogP contribution in [0.3, 0.4) is 0 Å².